The van der Waals surface area contributed by atoms with Crippen molar-refractivity contribution >= 4 is 0 Å². The van der Waals surface area contributed by atoms with Crippen LogP contribution in [0.5, 0.6) is 0 Å². The summed E-state index contributed by atoms with van der Waals surface area (Å²) < 4.78 is 0. The Kier molecular flexibility index (Phi) is 7.20. The molecule has 0 unspecified atom stereocenters. The molecule has 0 aromatic carbocycles. The average molecular weight is 201 g/mol. The highest BCUT2D eigenvalue weighted by molar-refractivity contribution is 4.76. The molecule has 0 spiro atoms. The first-order chi connectivity index (χ1) is 6.51. The van der Waals surface area contributed by atoms with Gasteiger partial charge in [0.15, 0.2) is 0 Å². The molecule has 0 amide bonds. The molecule has 14 heavy (non-hydrogen) atoms. The normalized spacial score (nSPS) is 16.3. The fourth-order valence-electron chi connectivity index (χ4n) is 1.85. The molecular weight excluding hydrogens is 174 g/mol. The van der Waals surface area contributed by atoms with Gasteiger partial charge >= 0.3 is 0 Å². The van der Waals surface area contributed by atoms with Gasteiger partial charge in [-0.2, -0.15) is 0 Å². The second kappa shape index (κ2) is 7.24. The van der Waals surface area contributed by atoms with Crippen LogP contribution in [0.4, 0.5) is 0 Å². The van der Waals surface area contributed by atoms with Crippen LogP contribution in [0, 0.1) is 11.8 Å². The molecule has 0 aromatic rings. The zero-order valence-corrected chi connectivity index (χ0v) is 10.4. The lowest BCUT2D eigenvalue weighted by molar-refractivity contribution is 0.200. The molecule has 86 valence electrons. The largest absolute Gasteiger partial charge is 0.395 e. The van der Waals surface area contributed by atoms with Crippen LogP contribution < -0.4 is 5.32 Å². The minimum absolute atomic E-state index is 0.251. The van der Waals surface area contributed by atoms with Crippen LogP contribution in [0.2, 0.25) is 0 Å². The third kappa shape index (κ3) is 5.61. The Labute approximate surface area is 89.1 Å². The Hall–Kier alpha value is -0.0800. The van der Waals surface area contributed by atoms with E-state index in [1.165, 1.54) is 0 Å². The maximum Gasteiger partial charge on any atom is 0.0584 e. The smallest absolute Gasteiger partial charge is 0.0584 e. The van der Waals surface area contributed by atoms with Crippen LogP contribution in [0.25, 0.3) is 0 Å². The van der Waals surface area contributed by atoms with Crippen molar-refractivity contribution in [3.63, 3.8) is 0 Å². The first-order valence-corrected chi connectivity index (χ1v) is 5.88. The molecule has 0 aliphatic heterocycles. The van der Waals surface area contributed by atoms with E-state index >= 15 is 0 Å². The van der Waals surface area contributed by atoms with E-state index in [2.05, 4.69) is 39.9 Å². The summed E-state index contributed by atoms with van der Waals surface area (Å²) in [4.78, 5) is 0. The van der Waals surface area contributed by atoms with Gasteiger partial charge in [0.1, 0.15) is 0 Å². The van der Waals surface area contributed by atoms with Crippen molar-refractivity contribution in [2.75, 3.05) is 6.61 Å². The van der Waals surface area contributed by atoms with Gasteiger partial charge in [0.25, 0.3) is 0 Å². The van der Waals surface area contributed by atoms with Crippen molar-refractivity contribution in [3.8, 4) is 0 Å². The number of nitrogens with one attached hydrogen (secondary N) is 1. The van der Waals surface area contributed by atoms with Crippen molar-refractivity contribution < 1.29 is 5.11 Å². The molecule has 0 saturated heterocycles. The third-order valence-corrected chi connectivity index (χ3v) is 2.67. The van der Waals surface area contributed by atoms with E-state index in [1.807, 2.05) is 0 Å². The quantitative estimate of drug-likeness (QED) is 0.663. The van der Waals surface area contributed by atoms with E-state index in [-0.39, 0.29) is 12.6 Å². The molecule has 0 radical (unpaired) electrons. The highest BCUT2D eigenvalue weighted by Crippen LogP contribution is 2.10. The predicted octanol–water partition coefficient (Wildman–Crippen LogP) is 2.42. The number of rotatable bonds is 7. The second-order valence-corrected chi connectivity index (χ2v) is 4.93. The molecule has 0 fully saturated rings. The van der Waals surface area contributed by atoms with E-state index in [0.717, 1.165) is 12.8 Å². The van der Waals surface area contributed by atoms with Crippen LogP contribution in [0.3, 0.4) is 0 Å². The Bertz CT molecular complexity index is 134. The summed E-state index contributed by atoms with van der Waals surface area (Å²) in [5.74, 6) is 1.28. The molecular formula is C12H27NO. The van der Waals surface area contributed by atoms with Crippen LogP contribution in [-0.4, -0.2) is 23.8 Å². The van der Waals surface area contributed by atoms with Gasteiger partial charge in [-0.05, 0) is 24.7 Å². The van der Waals surface area contributed by atoms with E-state index in [0.29, 0.717) is 17.9 Å². The Balaban J connectivity index is 4.00. The van der Waals surface area contributed by atoms with Gasteiger partial charge < -0.3 is 10.4 Å². The first-order valence-electron chi connectivity index (χ1n) is 5.88. The maximum absolute atomic E-state index is 9.24. The lowest BCUT2D eigenvalue weighted by Crippen LogP contribution is -2.43. The maximum atomic E-state index is 9.24. The van der Waals surface area contributed by atoms with Crippen LogP contribution in [0.15, 0.2) is 0 Å². The van der Waals surface area contributed by atoms with Gasteiger partial charge in [0.2, 0.25) is 0 Å². The molecule has 0 rings (SSSR count). The number of aliphatic hydroxyl groups is 1. The molecule has 2 atom stereocenters. The topological polar surface area (TPSA) is 32.3 Å². The molecule has 0 aromatic heterocycles. The minimum Gasteiger partial charge on any atom is -0.395 e. The Morgan fingerprint density at radius 2 is 1.71 bits per heavy atom. The summed E-state index contributed by atoms with van der Waals surface area (Å²) in [5.41, 5.74) is 0. The summed E-state index contributed by atoms with van der Waals surface area (Å²) in [7, 11) is 0. The van der Waals surface area contributed by atoms with Crippen LogP contribution in [0.1, 0.15) is 47.5 Å². The molecule has 0 bridgehead atoms. The fourth-order valence-corrected chi connectivity index (χ4v) is 1.85. The SMILES string of the molecule is CC[C@H](N[C@H](CO)CC(C)C)C(C)C. The fraction of sp³-hybridized carbons (Fsp3) is 1.00. The van der Waals surface area contributed by atoms with Crippen molar-refractivity contribution in [1.82, 2.24) is 5.32 Å². The van der Waals surface area contributed by atoms with Crippen LogP contribution in [-0.2, 0) is 0 Å². The van der Waals surface area contributed by atoms with E-state index in [1.54, 1.807) is 0 Å². The summed E-state index contributed by atoms with van der Waals surface area (Å²) in [6.45, 7) is 11.3. The molecule has 2 heteroatoms. The zero-order valence-electron chi connectivity index (χ0n) is 10.4. The average Bonchev–Trinajstić information content (AvgIpc) is 2.10. The Morgan fingerprint density at radius 3 is 2.00 bits per heavy atom. The lowest BCUT2D eigenvalue weighted by Gasteiger charge is -2.27. The highest BCUT2D eigenvalue weighted by atomic mass is 16.3. The van der Waals surface area contributed by atoms with Gasteiger partial charge in [-0.25, -0.2) is 0 Å². The van der Waals surface area contributed by atoms with Gasteiger partial charge in [0.05, 0.1) is 6.61 Å². The zero-order chi connectivity index (χ0) is 11.1. The number of hydrogen-bond donors (Lipinski definition) is 2. The second-order valence-electron chi connectivity index (χ2n) is 4.93. The predicted molar refractivity (Wildman–Crippen MR) is 62.4 cm³/mol. The van der Waals surface area contributed by atoms with E-state index in [4.69, 9.17) is 0 Å². The summed E-state index contributed by atoms with van der Waals surface area (Å²) in [6.07, 6.45) is 2.19. The molecule has 0 aliphatic carbocycles. The molecule has 0 heterocycles. The van der Waals surface area contributed by atoms with Gasteiger partial charge in [-0.1, -0.05) is 34.6 Å². The van der Waals surface area contributed by atoms with Gasteiger partial charge in [0, 0.05) is 12.1 Å². The van der Waals surface area contributed by atoms with Crippen molar-refractivity contribution in [2.45, 2.75) is 59.5 Å². The molecule has 0 aliphatic rings. The highest BCUT2D eigenvalue weighted by Gasteiger charge is 2.16. The number of hydrogen-bond acceptors (Lipinski definition) is 2. The number of aliphatic hydroxyl groups excluding tert-OH is 1. The summed E-state index contributed by atoms with van der Waals surface area (Å²) in [6, 6.07) is 0.799. The molecule has 2 nitrogen and oxygen atoms in total. The van der Waals surface area contributed by atoms with Gasteiger partial charge in [-0.15, -0.1) is 0 Å². The van der Waals surface area contributed by atoms with Crippen molar-refractivity contribution in [2.24, 2.45) is 11.8 Å². The van der Waals surface area contributed by atoms with E-state index in [9.17, 15) is 5.11 Å². The summed E-state index contributed by atoms with van der Waals surface area (Å²) >= 11 is 0. The monoisotopic (exact) mass is 201 g/mol. The third-order valence-electron chi connectivity index (χ3n) is 2.67. The van der Waals surface area contributed by atoms with Crippen LogP contribution >= 0.6 is 0 Å². The molecule has 0 saturated carbocycles. The van der Waals surface area contributed by atoms with Gasteiger partial charge in [-0.3, -0.25) is 0 Å². The minimum atomic E-state index is 0.251. The first kappa shape index (κ1) is 13.9. The van der Waals surface area contributed by atoms with Crippen molar-refractivity contribution in [1.29, 1.82) is 0 Å². The summed E-state index contributed by atoms with van der Waals surface area (Å²) in [5, 5.41) is 12.8. The van der Waals surface area contributed by atoms with Crippen molar-refractivity contribution in [3.05, 3.63) is 0 Å². The lowest BCUT2D eigenvalue weighted by atomic mass is 9.98. The standard InChI is InChI=1S/C12H27NO/c1-6-12(10(4)5)13-11(8-14)7-9(2)3/h9-14H,6-8H2,1-5H3/t11-,12-/m0/s1. The Morgan fingerprint density at radius 1 is 1.14 bits per heavy atom. The molecule has 2 N–H and O–H groups in total. The van der Waals surface area contributed by atoms with E-state index < -0.39 is 0 Å².